The Balaban J connectivity index is 0.00000118. The van der Waals surface area contributed by atoms with Crippen molar-refractivity contribution in [2.45, 2.75) is 85.5 Å². The number of ether oxygens (including phenoxy) is 1. The second-order valence-corrected chi connectivity index (χ2v) is 22.9. The Labute approximate surface area is 249 Å². The molecular weight excluding hydrogens is 556 g/mol. The maximum Gasteiger partial charge on any atom is 2.00 e. The third-order valence-corrected chi connectivity index (χ3v) is 11.0. The van der Waals surface area contributed by atoms with E-state index >= 15 is 0 Å². The van der Waals surface area contributed by atoms with Gasteiger partial charge in [-0.1, -0.05) is 112 Å². The van der Waals surface area contributed by atoms with Gasteiger partial charge in [0.1, 0.15) is 5.75 Å². The van der Waals surface area contributed by atoms with Gasteiger partial charge in [-0.05, 0) is 43.6 Å². The van der Waals surface area contributed by atoms with E-state index in [1.807, 2.05) is 30.3 Å². The van der Waals surface area contributed by atoms with Gasteiger partial charge in [0.05, 0.1) is 7.11 Å². The van der Waals surface area contributed by atoms with Gasteiger partial charge in [0.25, 0.3) is 0 Å². The van der Waals surface area contributed by atoms with E-state index in [1.165, 1.54) is 0 Å². The van der Waals surface area contributed by atoms with Crippen molar-refractivity contribution in [1.29, 1.82) is 0 Å². The zero-order valence-electron chi connectivity index (χ0n) is 26.7. The summed E-state index contributed by atoms with van der Waals surface area (Å²) in [6, 6.07) is 12.2. The number of hydrogen-bond acceptors (Lipinski definition) is 4. The molecule has 0 saturated carbocycles. The van der Waals surface area contributed by atoms with Crippen LogP contribution in [-0.2, 0) is 38.0 Å². The third-order valence-electron chi connectivity index (χ3n) is 5.63. The fourth-order valence-corrected chi connectivity index (χ4v) is 12.4. The van der Waals surface area contributed by atoms with Crippen molar-refractivity contribution in [3.8, 4) is 11.5 Å². The molecule has 2 rings (SSSR count). The van der Waals surface area contributed by atoms with Gasteiger partial charge in [-0.15, -0.1) is 5.75 Å². The third kappa shape index (κ3) is 14.4. The predicted molar refractivity (Wildman–Crippen MR) is 165 cm³/mol. The molecule has 0 spiro atoms. The summed E-state index contributed by atoms with van der Waals surface area (Å²) in [6.07, 6.45) is 0. The van der Waals surface area contributed by atoms with Crippen LogP contribution >= 0.6 is 0 Å². The molecule has 0 aliphatic heterocycles. The van der Waals surface area contributed by atoms with Gasteiger partial charge in [0.15, 0.2) is 0 Å². The number of rotatable bonds is 10. The fraction of sp³-hybridized carbons (Fsp3) is 0.600. The summed E-state index contributed by atoms with van der Waals surface area (Å²) >= 11 is 0. The van der Waals surface area contributed by atoms with E-state index in [0.29, 0.717) is 6.54 Å². The molecule has 0 amide bonds. The van der Waals surface area contributed by atoms with Crippen molar-refractivity contribution in [3.05, 3.63) is 63.3 Å². The quantitative estimate of drug-likeness (QED) is 0.274. The van der Waals surface area contributed by atoms with Crippen LogP contribution in [-0.4, -0.2) is 60.6 Å². The smallest absolute Gasteiger partial charge is 0.872 e. The predicted octanol–water partition coefficient (Wildman–Crippen LogP) is 6.97. The Morgan fingerprint density at radius 3 is 1.84 bits per heavy atom. The van der Waals surface area contributed by atoms with Gasteiger partial charge in [0.2, 0.25) is 0 Å². The van der Waals surface area contributed by atoms with Gasteiger partial charge >= 0.3 is 19.5 Å². The number of hydrogen-bond donors (Lipinski definition) is 0. The Morgan fingerprint density at radius 1 is 0.868 bits per heavy atom. The van der Waals surface area contributed by atoms with Crippen LogP contribution in [0.15, 0.2) is 36.4 Å². The van der Waals surface area contributed by atoms with E-state index < -0.39 is 16.5 Å². The van der Waals surface area contributed by atoms with E-state index in [2.05, 4.69) is 96.9 Å². The second kappa shape index (κ2) is 15.7. The summed E-state index contributed by atoms with van der Waals surface area (Å²) in [5.41, 5.74) is 3.89. The van der Waals surface area contributed by atoms with E-state index in [1.54, 1.807) is 7.11 Å². The molecule has 0 atom stereocenters. The molecule has 0 N–H and O–H groups in total. The first-order valence-electron chi connectivity index (χ1n) is 13.4. The molecule has 2 aromatic rings. The molecule has 0 saturated heterocycles. The van der Waals surface area contributed by atoms with Crippen LogP contribution in [0.4, 0.5) is 0 Å². The molecule has 38 heavy (non-hydrogen) atoms. The van der Waals surface area contributed by atoms with Gasteiger partial charge < -0.3 is 19.4 Å². The maximum absolute atomic E-state index is 13.2. The van der Waals surface area contributed by atoms with E-state index in [9.17, 15) is 5.11 Å². The Hall–Kier alpha value is -1.02. The molecule has 0 aliphatic carbocycles. The minimum absolute atomic E-state index is 0. The molecule has 0 fully saturated rings. The molecule has 0 heterocycles. The van der Waals surface area contributed by atoms with Crippen molar-refractivity contribution >= 4 is 16.5 Å². The van der Waals surface area contributed by atoms with Crippen molar-refractivity contribution in [2.75, 3.05) is 34.3 Å². The van der Waals surface area contributed by atoms with E-state index in [4.69, 9.17) is 9.38 Å². The van der Waals surface area contributed by atoms with Crippen LogP contribution < -0.4 is 9.84 Å². The minimum Gasteiger partial charge on any atom is -0.872 e. The van der Waals surface area contributed by atoms with Crippen molar-refractivity contribution in [3.63, 3.8) is 0 Å². The summed E-state index contributed by atoms with van der Waals surface area (Å²) in [5, 5.41) is 13.2. The zero-order chi connectivity index (χ0) is 28.6. The first-order chi connectivity index (χ1) is 16.8. The van der Waals surface area contributed by atoms with Crippen molar-refractivity contribution in [1.82, 2.24) is 9.80 Å². The number of nitrogens with zero attached hydrogens (tertiary/aromatic N) is 3. The Kier molecular flexibility index (Phi) is 15.3. The normalized spacial score (nSPS) is 12.2. The molecule has 0 bridgehead atoms. The molecule has 5 nitrogen and oxygen atoms in total. The van der Waals surface area contributed by atoms with Crippen LogP contribution in [0.2, 0.25) is 39.3 Å². The molecule has 0 aromatic heterocycles. The molecular formula is C30H53N3O2Si2Zn. The van der Waals surface area contributed by atoms with Crippen LogP contribution in [0.3, 0.4) is 0 Å². The number of para-hydroxylation sites is 1. The molecule has 0 unspecified atom stereocenters. The summed E-state index contributed by atoms with van der Waals surface area (Å²) in [4.78, 5) is 4.50. The van der Waals surface area contributed by atoms with Crippen LogP contribution in [0.5, 0.6) is 11.5 Å². The largest absolute Gasteiger partial charge is 2.00 e. The fourth-order valence-electron chi connectivity index (χ4n) is 4.40. The average Bonchev–Trinajstić information content (AvgIpc) is 2.71. The van der Waals surface area contributed by atoms with Crippen LogP contribution in [0, 0.1) is 6.92 Å². The SMILES string of the molecule is COc1ccccc1CN(CCN(C)C)Cc1cc(C)cc(C(C)(C)C)c1[O-].C[Si](C)(C)[N-][Si](C)(C)C.[Zn+2]. The summed E-state index contributed by atoms with van der Waals surface area (Å²) in [5.74, 6) is 1.06. The molecule has 2 aromatic carbocycles. The number of benzene rings is 2. The number of methoxy groups -OCH3 is 1. The minimum atomic E-state index is -1.11. The van der Waals surface area contributed by atoms with Crippen molar-refractivity contribution in [2.24, 2.45) is 0 Å². The van der Waals surface area contributed by atoms with Crippen LogP contribution in [0.25, 0.3) is 4.65 Å². The van der Waals surface area contributed by atoms with Gasteiger partial charge in [-0.2, -0.15) is 0 Å². The van der Waals surface area contributed by atoms with Gasteiger partial charge in [-0.25, -0.2) is 0 Å². The monoisotopic (exact) mass is 607 g/mol. The van der Waals surface area contributed by atoms with Gasteiger partial charge in [-0.3, -0.25) is 4.90 Å². The van der Waals surface area contributed by atoms with E-state index in [0.717, 1.165) is 47.6 Å². The number of likely N-dealkylation sites (N-methyl/N-ethyl adjacent to an activating group) is 1. The molecule has 210 valence electrons. The maximum atomic E-state index is 13.2. The van der Waals surface area contributed by atoms with Crippen molar-refractivity contribution < 1.29 is 29.3 Å². The zero-order valence-corrected chi connectivity index (χ0v) is 31.6. The summed E-state index contributed by atoms with van der Waals surface area (Å²) < 4.78 is 10.3. The number of aryl methyl sites for hydroxylation is 1. The molecule has 0 aliphatic rings. The Morgan fingerprint density at radius 2 is 1.39 bits per heavy atom. The van der Waals surface area contributed by atoms with E-state index in [-0.39, 0.29) is 30.6 Å². The topological polar surface area (TPSA) is 52.9 Å². The van der Waals surface area contributed by atoms with Crippen LogP contribution in [0.1, 0.15) is 43.0 Å². The molecule has 0 radical (unpaired) electrons. The standard InChI is InChI=1S/C24H36N2O2.C6H18NSi2.Zn/c1-18-14-20(23(27)21(15-18)24(2,3)4)17-26(13-12-25(5)6)16-19-10-8-9-11-22(19)28-7;1-8(2,3)7-9(4,5)6;/h8-11,14-15,27H,12-13,16-17H2,1-7H3;1-6H3;/q;-1;+2/p-1. The molecule has 8 heteroatoms. The summed E-state index contributed by atoms with van der Waals surface area (Å²) in [6.45, 7) is 25.4. The first-order valence-corrected chi connectivity index (χ1v) is 20.3. The Bertz CT molecular complexity index is 969. The first kappa shape index (κ1) is 37.0. The average molecular weight is 609 g/mol. The summed E-state index contributed by atoms with van der Waals surface area (Å²) in [7, 11) is 3.64. The second-order valence-electron chi connectivity index (χ2n) is 13.3. The van der Waals surface area contributed by atoms with Gasteiger partial charge in [0, 0.05) is 31.7 Å².